The van der Waals surface area contributed by atoms with Crippen LogP contribution in [0.5, 0.6) is 0 Å². The summed E-state index contributed by atoms with van der Waals surface area (Å²) in [7, 11) is 0. The summed E-state index contributed by atoms with van der Waals surface area (Å²) in [5.41, 5.74) is 0. The fourth-order valence-electron chi connectivity index (χ4n) is 3.66. The third-order valence-electron chi connectivity index (χ3n) is 5.13. The monoisotopic (exact) mass is 354 g/mol. The molecule has 1 aliphatic heterocycles. The van der Waals surface area contributed by atoms with Gasteiger partial charge in [-0.1, -0.05) is 84.0 Å². The summed E-state index contributed by atoms with van der Waals surface area (Å²) in [6, 6.07) is 0. The Morgan fingerprint density at radius 1 is 0.920 bits per heavy atom. The number of unbranched alkanes of at least 4 members (excludes halogenated alkanes) is 11. The van der Waals surface area contributed by atoms with E-state index < -0.39 is 6.10 Å². The van der Waals surface area contributed by atoms with Crippen LogP contribution in [0.15, 0.2) is 0 Å². The van der Waals surface area contributed by atoms with Crippen LogP contribution in [-0.4, -0.2) is 24.1 Å². The third kappa shape index (κ3) is 9.27. The average Bonchev–Trinajstić information content (AvgIpc) is 2.82. The second-order valence-corrected chi connectivity index (χ2v) is 7.50. The second-order valence-electron chi connectivity index (χ2n) is 7.50. The van der Waals surface area contributed by atoms with Crippen LogP contribution in [-0.2, 0) is 19.1 Å². The Morgan fingerprint density at radius 3 is 1.88 bits per heavy atom. The topological polar surface area (TPSA) is 52.6 Å². The maximum absolute atomic E-state index is 11.9. The molecule has 0 amide bonds. The molecule has 3 atom stereocenters. The number of carbonyl (C=O) groups is 2. The van der Waals surface area contributed by atoms with E-state index in [9.17, 15) is 9.59 Å². The van der Waals surface area contributed by atoms with Crippen molar-refractivity contribution >= 4 is 11.9 Å². The molecule has 0 aromatic carbocycles. The number of esters is 2. The van der Waals surface area contributed by atoms with Crippen LogP contribution in [0.4, 0.5) is 0 Å². The van der Waals surface area contributed by atoms with Gasteiger partial charge in [-0.2, -0.15) is 0 Å². The number of rotatable bonds is 14. The summed E-state index contributed by atoms with van der Waals surface area (Å²) in [5, 5.41) is 0. The third-order valence-corrected chi connectivity index (χ3v) is 5.13. The smallest absolute Gasteiger partial charge is 0.313 e. The summed E-state index contributed by atoms with van der Waals surface area (Å²) in [6.07, 6.45) is 15.6. The van der Waals surface area contributed by atoms with Gasteiger partial charge in [-0.3, -0.25) is 9.59 Å². The highest BCUT2D eigenvalue weighted by atomic mass is 16.6. The minimum absolute atomic E-state index is 0.207. The fraction of sp³-hybridized carbons (Fsp3) is 0.905. The first kappa shape index (κ1) is 22.0. The average molecular weight is 355 g/mol. The summed E-state index contributed by atoms with van der Waals surface area (Å²) in [6.45, 7) is 5.44. The molecule has 0 aromatic rings. The van der Waals surface area contributed by atoms with Gasteiger partial charge in [-0.15, -0.1) is 0 Å². The molecule has 1 saturated heterocycles. The van der Waals surface area contributed by atoms with Crippen molar-refractivity contribution < 1.29 is 19.1 Å². The van der Waals surface area contributed by atoms with E-state index in [2.05, 4.69) is 6.92 Å². The molecule has 0 aliphatic carbocycles. The number of carbonyl (C=O) groups excluding carboxylic acids is 2. The minimum Gasteiger partial charge on any atom is -0.458 e. The van der Waals surface area contributed by atoms with Crippen LogP contribution in [0.1, 0.15) is 104 Å². The molecule has 0 bridgehead atoms. The van der Waals surface area contributed by atoms with E-state index >= 15 is 0 Å². The zero-order valence-electron chi connectivity index (χ0n) is 16.6. The molecule has 0 spiro atoms. The lowest BCUT2D eigenvalue weighted by atomic mass is 9.94. The lowest BCUT2D eigenvalue weighted by Gasteiger charge is -2.18. The Labute approximate surface area is 154 Å². The summed E-state index contributed by atoms with van der Waals surface area (Å²) < 4.78 is 10.5. The first-order valence-corrected chi connectivity index (χ1v) is 10.4. The largest absolute Gasteiger partial charge is 0.458 e. The van der Waals surface area contributed by atoms with E-state index in [-0.39, 0.29) is 24.0 Å². The standard InChI is InChI=1S/C21H38O4/c1-4-5-6-7-8-9-10-11-12-13-14-15-16-19-20(25-18(3)22)17(2)24-21(19)23/h17,19-20H,4-16H2,1-3H3. The van der Waals surface area contributed by atoms with Gasteiger partial charge in [0.25, 0.3) is 0 Å². The van der Waals surface area contributed by atoms with Crippen LogP contribution in [0.3, 0.4) is 0 Å². The molecule has 4 nitrogen and oxygen atoms in total. The molecule has 1 rings (SSSR count). The van der Waals surface area contributed by atoms with Gasteiger partial charge in [0.1, 0.15) is 6.10 Å². The van der Waals surface area contributed by atoms with Crippen molar-refractivity contribution in [2.75, 3.05) is 0 Å². The predicted octanol–water partition coefficient (Wildman–Crippen LogP) is 5.57. The van der Waals surface area contributed by atoms with Gasteiger partial charge in [0, 0.05) is 6.92 Å². The van der Waals surface area contributed by atoms with Crippen molar-refractivity contribution in [3.63, 3.8) is 0 Å². The van der Waals surface area contributed by atoms with E-state index in [1.807, 2.05) is 0 Å². The van der Waals surface area contributed by atoms with Gasteiger partial charge in [0.2, 0.25) is 0 Å². The quantitative estimate of drug-likeness (QED) is 0.302. The molecule has 0 radical (unpaired) electrons. The molecule has 0 N–H and O–H groups in total. The minimum atomic E-state index is -0.405. The number of ether oxygens (including phenoxy) is 2. The highest BCUT2D eigenvalue weighted by molar-refractivity contribution is 5.76. The highest BCUT2D eigenvalue weighted by Crippen LogP contribution is 2.29. The van der Waals surface area contributed by atoms with Gasteiger partial charge in [-0.25, -0.2) is 0 Å². The van der Waals surface area contributed by atoms with Crippen LogP contribution in [0, 0.1) is 5.92 Å². The van der Waals surface area contributed by atoms with Crippen LogP contribution in [0.2, 0.25) is 0 Å². The molecule has 1 aliphatic rings. The van der Waals surface area contributed by atoms with Crippen molar-refractivity contribution in [1.82, 2.24) is 0 Å². The molecule has 25 heavy (non-hydrogen) atoms. The molecule has 146 valence electrons. The predicted molar refractivity (Wildman–Crippen MR) is 100 cm³/mol. The molecule has 1 heterocycles. The molecule has 0 saturated carbocycles. The summed E-state index contributed by atoms with van der Waals surface area (Å²) >= 11 is 0. The maximum atomic E-state index is 11.9. The van der Waals surface area contributed by atoms with Crippen LogP contribution in [0.25, 0.3) is 0 Å². The van der Waals surface area contributed by atoms with Crippen molar-refractivity contribution in [3.05, 3.63) is 0 Å². The normalized spacial score (nSPS) is 22.8. The van der Waals surface area contributed by atoms with E-state index in [0.717, 1.165) is 19.3 Å². The first-order valence-electron chi connectivity index (χ1n) is 10.4. The lowest BCUT2D eigenvalue weighted by molar-refractivity contribution is -0.150. The Hall–Kier alpha value is -1.06. The SMILES string of the molecule is CCCCCCCCCCCCCCC1C(=O)OC(C)C1OC(C)=O. The second kappa shape index (κ2) is 13.2. The number of cyclic esters (lactones) is 1. The Morgan fingerprint density at radius 2 is 1.40 bits per heavy atom. The Balaban J connectivity index is 2.01. The molecule has 4 heteroatoms. The van der Waals surface area contributed by atoms with E-state index in [4.69, 9.17) is 9.47 Å². The fourth-order valence-corrected chi connectivity index (χ4v) is 3.66. The molecule has 0 aromatic heterocycles. The van der Waals surface area contributed by atoms with Gasteiger partial charge in [-0.05, 0) is 13.3 Å². The molecular formula is C21H38O4. The zero-order chi connectivity index (χ0) is 18.5. The summed E-state index contributed by atoms with van der Waals surface area (Å²) in [5.74, 6) is -0.821. The van der Waals surface area contributed by atoms with E-state index in [1.165, 1.54) is 71.1 Å². The first-order chi connectivity index (χ1) is 12.1. The molecule has 1 fully saturated rings. The Bertz CT molecular complexity index is 380. The Kier molecular flexibility index (Phi) is 11.6. The summed E-state index contributed by atoms with van der Waals surface area (Å²) in [4.78, 5) is 23.1. The van der Waals surface area contributed by atoms with Gasteiger partial charge < -0.3 is 9.47 Å². The van der Waals surface area contributed by atoms with E-state index in [1.54, 1.807) is 6.92 Å². The number of hydrogen-bond acceptors (Lipinski definition) is 4. The van der Waals surface area contributed by atoms with Crippen LogP contribution < -0.4 is 0 Å². The van der Waals surface area contributed by atoms with Crippen molar-refractivity contribution in [2.24, 2.45) is 5.92 Å². The molecule has 3 unspecified atom stereocenters. The van der Waals surface area contributed by atoms with E-state index in [0.29, 0.717) is 0 Å². The van der Waals surface area contributed by atoms with Gasteiger partial charge in [0.05, 0.1) is 5.92 Å². The zero-order valence-corrected chi connectivity index (χ0v) is 16.6. The van der Waals surface area contributed by atoms with Gasteiger partial charge in [0.15, 0.2) is 6.10 Å². The highest BCUT2D eigenvalue weighted by Gasteiger charge is 2.44. The lowest BCUT2D eigenvalue weighted by Crippen LogP contribution is -2.30. The molecular weight excluding hydrogens is 316 g/mol. The van der Waals surface area contributed by atoms with Crippen molar-refractivity contribution in [2.45, 2.75) is 116 Å². The van der Waals surface area contributed by atoms with Gasteiger partial charge >= 0.3 is 11.9 Å². The maximum Gasteiger partial charge on any atom is 0.313 e. The van der Waals surface area contributed by atoms with Crippen molar-refractivity contribution in [3.8, 4) is 0 Å². The van der Waals surface area contributed by atoms with Crippen molar-refractivity contribution in [1.29, 1.82) is 0 Å². The van der Waals surface area contributed by atoms with Crippen LogP contribution >= 0.6 is 0 Å². The number of hydrogen-bond donors (Lipinski definition) is 0.